The molecule has 4 N–H and O–H groups in total. The van der Waals surface area contributed by atoms with Crippen LogP contribution in [-0.4, -0.2) is 61.4 Å². The molecule has 39 heavy (non-hydrogen) atoms. The van der Waals surface area contributed by atoms with Gasteiger partial charge >= 0.3 is 12.3 Å². The quantitative estimate of drug-likeness (QED) is 0.218. The molecular weight excluding hydrogens is 601 g/mol. The van der Waals surface area contributed by atoms with E-state index < -0.39 is 23.3 Å². The standard InChI is InChI=1S/C25H23Cl2N5O4S3/c26-14-6-7-16(27)18(9-14)37-11-19(33)30-20-23(34)32-21(25(35)36)13(10-38-24(20)32)3-2-8-39-31-12-29-22(28)15-4-1-5-17(15)31/h2-3,6-7,9,12,20,24,28H,1,4-5,8,10-11H2,(H2,30,33,35,36)/p+1/b3-2+/t20-,24?/m1/s1. The van der Waals surface area contributed by atoms with Gasteiger partial charge in [0.2, 0.25) is 11.7 Å². The number of hydrogen-bond donors (Lipinski definition) is 3. The van der Waals surface area contributed by atoms with Gasteiger partial charge in [0, 0.05) is 22.1 Å². The molecule has 0 bridgehead atoms. The van der Waals surface area contributed by atoms with Crippen LogP contribution in [0.5, 0.6) is 0 Å². The molecule has 1 fully saturated rings. The van der Waals surface area contributed by atoms with Crippen LogP contribution in [0.3, 0.4) is 0 Å². The highest BCUT2D eigenvalue weighted by Gasteiger charge is 2.53. The van der Waals surface area contributed by atoms with E-state index in [4.69, 9.17) is 28.9 Å². The lowest BCUT2D eigenvalue weighted by Crippen LogP contribution is -2.70. The molecular formula is C25H24Cl2N5O4S3+. The van der Waals surface area contributed by atoms with Crippen LogP contribution in [0.1, 0.15) is 17.7 Å². The van der Waals surface area contributed by atoms with Crippen LogP contribution in [0, 0.1) is 0 Å². The van der Waals surface area contributed by atoms with Gasteiger partial charge in [0.05, 0.1) is 34.0 Å². The predicted molar refractivity (Wildman–Crippen MR) is 155 cm³/mol. The minimum Gasteiger partial charge on any atom is -0.477 e. The number of carbonyl (C=O) groups excluding carboxylic acids is 2. The predicted octanol–water partition coefficient (Wildman–Crippen LogP) is 3.33. The Labute approximate surface area is 247 Å². The maximum Gasteiger partial charge on any atom is 0.352 e. The summed E-state index contributed by atoms with van der Waals surface area (Å²) in [6.07, 6.45) is 8.30. The molecule has 1 unspecified atom stereocenters. The number of nitrogens with zero attached hydrogens (tertiary/aromatic N) is 3. The van der Waals surface area contributed by atoms with Crippen LogP contribution >= 0.6 is 58.7 Å². The van der Waals surface area contributed by atoms with E-state index in [1.54, 1.807) is 42.6 Å². The van der Waals surface area contributed by atoms with Crippen molar-refractivity contribution in [3.63, 3.8) is 0 Å². The fourth-order valence-electron chi connectivity index (χ4n) is 4.65. The molecule has 5 rings (SSSR count). The molecule has 3 heterocycles. The molecule has 9 nitrogen and oxygen atoms in total. The normalized spacial score (nSPS) is 20.2. The Morgan fingerprint density at radius 2 is 2.15 bits per heavy atom. The molecule has 2 atom stereocenters. The number of β-lactam (4-membered cyclic amide) rings is 1. The summed E-state index contributed by atoms with van der Waals surface area (Å²) in [5.74, 6) is -0.345. The van der Waals surface area contributed by atoms with Crippen molar-refractivity contribution in [3.8, 4) is 0 Å². The third-order valence-electron chi connectivity index (χ3n) is 6.46. The number of amides is 2. The summed E-state index contributed by atoms with van der Waals surface area (Å²) < 4.78 is 2.02. The number of aliphatic carboxylic acids is 1. The van der Waals surface area contributed by atoms with Crippen LogP contribution < -0.4 is 15.0 Å². The maximum absolute atomic E-state index is 12.9. The number of halogens is 2. The van der Waals surface area contributed by atoms with Gasteiger partial charge in [-0.3, -0.25) is 14.5 Å². The Hall–Kier alpha value is -2.38. The number of rotatable bonds is 9. The molecule has 1 aromatic heterocycles. The van der Waals surface area contributed by atoms with E-state index in [0.717, 1.165) is 24.8 Å². The SMILES string of the molecule is Nc1nc[n+](SC/C=C/C2=C(C(=O)O)N3C(=O)[C@@H](NC(=O)CSc4cc(Cl)ccc4Cl)C3SC2)c2c1CCC2. The van der Waals surface area contributed by atoms with Gasteiger partial charge < -0.3 is 16.2 Å². The molecule has 2 amide bonds. The highest BCUT2D eigenvalue weighted by molar-refractivity contribution is 8.00. The summed E-state index contributed by atoms with van der Waals surface area (Å²) >= 11 is 16.3. The topological polar surface area (TPSA) is 130 Å². The van der Waals surface area contributed by atoms with Crippen LogP contribution in [-0.2, 0) is 27.2 Å². The van der Waals surface area contributed by atoms with E-state index in [2.05, 4.69) is 10.3 Å². The second-order valence-corrected chi connectivity index (χ2v) is 12.9. The van der Waals surface area contributed by atoms with E-state index in [1.807, 2.05) is 10.0 Å². The minimum atomic E-state index is -1.17. The maximum atomic E-state index is 12.9. The lowest BCUT2D eigenvalue weighted by molar-refractivity contribution is -0.507. The van der Waals surface area contributed by atoms with Gasteiger partial charge in [-0.15, -0.1) is 23.5 Å². The molecule has 1 aliphatic carbocycles. The van der Waals surface area contributed by atoms with Gasteiger partial charge in [-0.2, -0.15) is 3.97 Å². The Kier molecular flexibility index (Phi) is 8.67. The smallest absolute Gasteiger partial charge is 0.352 e. The van der Waals surface area contributed by atoms with E-state index in [0.29, 0.717) is 37.8 Å². The van der Waals surface area contributed by atoms with Crippen molar-refractivity contribution in [2.75, 3.05) is 23.0 Å². The van der Waals surface area contributed by atoms with Gasteiger partial charge in [0.25, 0.3) is 5.91 Å². The van der Waals surface area contributed by atoms with Gasteiger partial charge in [0.15, 0.2) is 0 Å². The highest BCUT2D eigenvalue weighted by atomic mass is 35.5. The number of anilines is 1. The van der Waals surface area contributed by atoms with E-state index in [1.165, 1.54) is 34.1 Å². The second kappa shape index (κ2) is 12.0. The largest absolute Gasteiger partial charge is 0.477 e. The van der Waals surface area contributed by atoms with Crippen molar-refractivity contribution < 1.29 is 23.5 Å². The summed E-state index contributed by atoms with van der Waals surface area (Å²) in [4.78, 5) is 43.8. The second-order valence-electron chi connectivity index (χ2n) is 8.93. The number of allylic oxidation sites excluding steroid dienone is 1. The van der Waals surface area contributed by atoms with Gasteiger partial charge in [-0.05, 0) is 41.6 Å². The first-order chi connectivity index (χ1) is 18.7. The summed E-state index contributed by atoms with van der Waals surface area (Å²) in [6, 6.07) is 4.20. The summed E-state index contributed by atoms with van der Waals surface area (Å²) in [7, 11) is 0. The first kappa shape index (κ1) is 28.2. The molecule has 14 heteroatoms. The van der Waals surface area contributed by atoms with Gasteiger partial charge in [-0.25, -0.2) is 4.79 Å². The highest BCUT2D eigenvalue weighted by Crippen LogP contribution is 2.41. The zero-order valence-corrected chi connectivity index (χ0v) is 24.4. The number of aromatic nitrogens is 2. The first-order valence-electron chi connectivity index (χ1n) is 12.0. The molecule has 2 aliphatic heterocycles. The number of hydrogen-bond acceptors (Lipinski definition) is 8. The van der Waals surface area contributed by atoms with Crippen molar-refractivity contribution in [2.45, 2.75) is 35.6 Å². The molecule has 204 valence electrons. The number of carboxylic acid groups (broad SMARTS) is 1. The third-order valence-corrected chi connectivity index (χ3v) is 10.4. The van der Waals surface area contributed by atoms with Crippen LogP contribution in [0.2, 0.25) is 10.0 Å². The van der Waals surface area contributed by atoms with E-state index in [9.17, 15) is 19.5 Å². The molecule has 1 aromatic carbocycles. The lowest BCUT2D eigenvalue weighted by Gasteiger charge is -2.49. The van der Waals surface area contributed by atoms with Crippen molar-refractivity contribution >= 4 is 82.3 Å². The number of thioether (sulfide) groups is 2. The number of carboxylic acids is 1. The Morgan fingerprint density at radius 1 is 1.33 bits per heavy atom. The zero-order valence-electron chi connectivity index (χ0n) is 20.4. The average molecular weight is 626 g/mol. The molecule has 0 spiro atoms. The fourth-order valence-corrected chi connectivity index (χ4v) is 8.09. The number of nitrogen functional groups attached to an aromatic ring is 1. The summed E-state index contributed by atoms with van der Waals surface area (Å²) in [5, 5.41) is 13.2. The summed E-state index contributed by atoms with van der Waals surface area (Å²) in [5.41, 5.74) is 8.78. The van der Waals surface area contributed by atoms with Gasteiger partial charge in [-0.1, -0.05) is 35.4 Å². The van der Waals surface area contributed by atoms with Crippen LogP contribution in [0.15, 0.2) is 52.8 Å². The fraction of sp³-hybridized carbons (Fsp3) is 0.320. The van der Waals surface area contributed by atoms with Crippen molar-refractivity contribution in [1.82, 2.24) is 15.2 Å². The number of carbonyl (C=O) groups is 3. The number of fused-ring (bicyclic) bond motifs is 2. The average Bonchev–Trinajstić information content (AvgIpc) is 3.42. The van der Waals surface area contributed by atoms with Crippen molar-refractivity contribution in [2.24, 2.45) is 0 Å². The molecule has 3 aliphatic rings. The summed E-state index contributed by atoms with van der Waals surface area (Å²) in [6.45, 7) is 0. The van der Waals surface area contributed by atoms with Crippen molar-refractivity contribution in [1.29, 1.82) is 0 Å². The van der Waals surface area contributed by atoms with Crippen LogP contribution in [0.25, 0.3) is 0 Å². The zero-order chi connectivity index (χ0) is 27.7. The third kappa shape index (κ3) is 5.90. The first-order valence-corrected chi connectivity index (χ1v) is 15.7. The minimum absolute atomic E-state index is 0.0409. The van der Waals surface area contributed by atoms with Crippen LogP contribution in [0.4, 0.5) is 5.82 Å². The van der Waals surface area contributed by atoms with E-state index >= 15 is 0 Å². The number of benzene rings is 1. The molecule has 0 saturated carbocycles. The number of nitrogens with two attached hydrogens (primary N) is 1. The molecule has 1 saturated heterocycles. The molecule has 0 radical (unpaired) electrons. The van der Waals surface area contributed by atoms with E-state index in [-0.39, 0.29) is 17.4 Å². The number of nitrogens with one attached hydrogen (secondary N) is 1. The monoisotopic (exact) mass is 624 g/mol. The Bertz CT molecular complexity index is 1420. The van der Waals surface area contributed by atoms with Crippen molar-refractivity contribution in [3.05, 3.63) is 69.3 Å². The van der Waals surface area contributed by atoms with Gasteiger partial charge in [0.1, 0.15) is 22.8 Å². The molecule has 2 aromatic rings. The Balaban J connectivity index is 1.20. The lowest BCUT2D eigenvalue weighted by atomic mass is 10.0. The Morgan fingerprint density at radius 3 is 2.95 bits per heavy atom.